The summed E-state index contributed by atoms with van der Waals surface area (Å²) < 4.78 is 5.07. The van der Waals surface area contributed by atoms with Gasteiger partial charge in [0.25, 0.3) is 0 Å². The summed E-state index contributed by atoms with van der Waals surface area (Å²) in [6.07, 6.45) is 7.05. The van der Waals surface area contributed by atoms with Crippen molar-refractivity contribution in [2.45, 2.75) is 19.6 Å². The van der Waals surface area contributed by atoms with Crippen LogP contribution >= 0.6 is 0 Å². The zero-order valence-corrected chi connectivity index (χ0v) is 21.2. The third kappa shape index (κ3) is 8.24. The van der Waals surface area contributed by atoms with Gasteiger partial charge >= 0.3 is 0 Å². The van der Waals surface area contributed by atoms with E-state index in [-0.39, 0.29) is 5.91 Å². The SMILES string of the molecule is COCCNCc1ccc(-c2ccc(CN(Cc3cccnc3)C(=O)/C=C/c3ccccc3)cc2)cc1. The first kappa shape index (κ1) is 26.0. The van der Waals surface area contributed by atoms with E-state index in [0.717, 1.165) is 35.3 Å². The van der Waals surface area contributed by atoms with Crippen molar-refractivity contribution in [1.82, 2.24) is 15.2 Å². The zero-order chi connectivity index (χ0) is 25.7. The number of amides is 1. The van der Waals surface area contributed by atoms with Crippen molar-refractivity contribution in [2.24, 2.45) is 0 Å². The molecule has 0 fully saturated rings. The smallest absolute Gasteiger partial charge is 0.247 e. The largest absolute Gasteiger partial charge is 0.383 e. The Morgan fingerprint density at radius 3 is 2.16 bits per heavy atom. The third-order valence-corrected chi connectivity index (χ3v) is 6.05. The molecule has 37 heavy (non-hydrogen) atoms. The number of pyridine rings is 1. The molecular formula is C32H33N3O2. The number of benzene rings is 3. The molecule has 0 unspecified atom stereocenters. The molecule has 5 nitrogen and oxygen atoms in total. The van der Waals surface area contributed by atoms with Crippen molar-refractivity contribution < 1.29 is 9.53 Å². The lowest BCUT2D eigenvalue weighted by molar-refractivity contribution is -0.127. The summed E-state index contributed by atoms with van der Waals surface area (Å²) in [5, 5.41) is 3.37. The predicted octanol–water partition coefficient (Wildman–Crippen LogP) is 5.73. The number of ether oxygens (including phenoxy) is 1. The van der Waals surface area contributed by atoms with E-state index in [9.17, 15) is 4.79 Å². The van der Waals surface area contributed by atoms with E-state index in [1.807, 2.05) is 53.4 Å². The monoisotopic (exact) mass is 491 g/mol. The fourth-order valence-electron chi connectivity index (χ4n) is 4.01. The van der Waals surface area contributed by atoms with Gasteiger partial charge in [-0.2, -0.15) is 0 Å². The van der Waals surface area contributed by atoms with E-state index in [2.05, 4.69) is 58.8 Å². The number of hydrogen-bond acceptors (Lipinski definition) is 4. The fraction of sp³-hybridized carbons (Fsp3) is 0.188. The fourth-order valence-corrected chi connectivity index (χ4v) is 4.01. The van der Waals surface area contributed by atoms with Crippen LogP contribution in [0.1, 0.15) is 22.3 Å². The van der Waals surface area contributed by atoms with Crippen LogP contribution in [-0.4, -0.2) is 36.1 Å². The standard InChI is InChI=1S/C32H33N3O2/c1-37-21-20-34-22-27-9-14-30(15-10-27)31-16-11-28(12-17-31)24-35(25-29-8-5-19-33-23-29)32(36)18-13-26-6-3-2-4-7-26/h2-19,23,34H,20-22,24-25H2,1H3/b18-13+. The highest BCUT2D eigenvalue weighted by molar-refractivity contribution is 5.91. The normalized spacial score (nSPS) is 11.1. The number of methoxy groups -OCH3 is 1. The van der Waals surface area contributed by atoms with Gasteiger partial charge in [0, 0.05) is 51.8 Å². The minimum atomic E-state index is -0.0357. The molecule has 0 atom stereocenters. The molecule has 5 heteroatoms. The van der Waals surface area contributed by atoms with Crippen molar-refractivity contribution in [3.8, 4) is 11.1 Å². The maximum Gasteiger partial charge on any atom is 0.247 e. The van der Waals surface area contributed by atoms with Gasteiger partial charge in [0.1, 0.15) is 0 Å². The second-order valence-electron chi connectivity index (χ2n) is 8.86. The summed E-state index contributed by atoms with van der Waals surface area (Å²) in [4.78, 5) is 19.2. The lowest BCUT2D eigenvalue weighted by Gasteiger charge is -2.22. The number of nitrogens with one attached hydrogen (secondary N) is 1. The summed E-state index contributed by atoms with van der Waals surface area (Å²) in [6.45, 7) is 3.37. The van der Waals surface area contributed by atoms with Crippen LogP contribution in [0.2, 0.25) is 0 Å². The zero-order valence-electron chi connectivity index (χ0n) is 21.2. The van der Waals surface area contributed by atoms with Crippen molar-refractivity contribution in [3.63, 3.8) is 0 Å². The molecule has 1 amide bonds. The first-order valence-electron chi connectivity index (χ1n) is 12.5. The summed E-state index contributed by atoms with van der Waals surface area (Å²) in [7, 11) is 1.71. The second kappa shape index (κ2) is 13.9. The molecule has 3 aromatic carbocycles. The Labute approximate surface area is 219 Å². The van der Waals surface area contributed by atoms with Gasteiger partial charge in [-0.1, -0.05) is 84.9 Å². The van der Waals surface area contributed by atoms with Crippen LogP contribution in [0.5, 0.6) is 0 Å². The van der Waals surface area contributed by atoms with Gasteiger partial charge < -0.3 is 15.0 Å². The lowest BCUT2D eigenvalue weighted by atomic mass is 10.0. The Morgan fingerprint density at radius 2 is 1.51 bits per heavy atom. The lowest BCUT2D eigenvalue weighted by Crippen LogP contribution is -2.28. The van der Waals surface area contributed by atoms with Crippen LogP contribution < -0.4 is 5.32 Å². The topological polar surface area (TPSA) is 54.5 Å². The van der Waals surface area contributed by atoms with Crippen LogP contribution in [0.4, 0.5) is 0 Å². The van der Waals surface area contributed by atoms with E-state index in [4.69, 9.17) is 4.74 Å². The van der Waals surface area contributed by atoms with Crippen LogP contribution in [0.25, 0.3) is 17.2 Å². The molecule has 4 aromatic rings. The summed E-state index contributed by atoms with van der Waals surface area (Å²) in [6, 6.07) is 30.8. The van der Waals surface area contributed by atoms with Gasteiger partial charge in [-0.25, -0.2) is 0 Å². The van der Waals surface area contributed by atoms with Gasteiger partial charge in [-0.15, -0.1) is 0 Å². The average molecular weight is 492 g/mol. The van der Waals surface area contributed by atoms with Crippen LogP contribution in [0.15, 0.2) is 109 Å². The summed E-state index contributed by atoms with van der Waals surface area (Å²) >= 11 is 0. The molecule has 0 bridgehead atoms. The quantitative estimate of drug-likeness (QED) is 0.203. The Morgan fingerprint density at radius 1 is 0.838 bits per heavy atom. The average Bonchev–Trinajstić information content (AvgIpc) is 2.95. The van der Waals surface area contributed by atoms with Gasteiger partial charge in [0.15, 0.2) is 0 Å². The molecule has 0 aliphatic carbocycles. The Balaban J connectivity index is 1.43. The summed E-state index contributed by atoms with van der Waals surface area (Å²) in [5.41, 5.74) is 6.63. The Hall–Kier alpha value is -4.06. The number of carbonyl (C=O) groups is 1. The van der Waals surface area contributed by atoms with Crippen molar-refractivity contribution in [1.29, 1.82) is 0 Å². The van der Waals surface area contributed by atoms with E-state index in [1.54, 1.807) is 25.6 Å². The molecular weight excluding hydrogens is 458 g/mol. The van der Waals surface area contributed by atoms with Crippen molar-refractivity contribution in [3.05, 3.63) is 132 Å². The molecule has 0 radical (unpaired) electrons. The second-order valence-corrected chi connectivity index (χ2v) is 8.86. The highest BCUT2D eigenvalue weighted by Crippen LogP contribution is 2.21. The van der Waals surface area contributed by atoms with Crippen LogP contribution in [0.3, 0.4) is 0 Å². The predicted molar refractivity (Wildman–Crippen MR) is 149 cm³/mol. The highest BCUT2D eigenvalue weighted by Gasteiger charge is 2.13. The summed E-state index contributed by atoms with van der Waals surface area (Å²) in [5.74, 6) is -0.0357. The highest BCUT2D eigenvalue weighted by atomic mass is 16.5. The number of carbonyl (C=O) groups excluding carboxylic acids is 1. The first-order chi connectivity index (χ1) is 18.2. The minimum Gasteiger partial charge on any atom is -0.383 e. The van der Waals surface area contributed by atoms with Crippen LogP contribution in [0, 0.1) is 0 Å². The molecule has 0 saturated heterocycles. The Bertz CT molecular complexity index is 1260. The maximum absolute atomic E-state index is 13.2. The number of hydrogen-bond donors (Lipinski definition) is 1. The van der Waals surface area contributed by atoms with E-state index >= 15 is 0 Å². The van der Waals surface area contributed by atoms with Crippen LogP contribution in [-0.2, 0) is 29.2 Å². The minimum absolute atomic E-state index is 0.0357. The molecule has 4 rings (SSSR count). The molecule has 0 aliphatic rings. The van der Waals surface area contributed by atoms with E-state index in [0.29, 0.717) is 19.7 Å². The molecule has 0 aliphatic heterocycles. The molecule has 188 valence electrons. The van der Waals surface area contributed by atoms with E-state index < -0.39 is 0 Å². The van der Waals surface area contributed by atoms with Crippen molar-refractivity contribution in [2.75, 3.05) is 20.3 Å². The van der Waals surface area contributed by atoms with Crippen molar-refractivity contribution >= 4 is 12.0 Å². The van der Waals surface area contributed by atoms with Gasteiger partial charge in [-0.3, -0.25) is 9.78 Å². The van der Waals surface area contributed by atoms with Gasteiger partial charge in [0.2, 0.25) is 5.91 Å². The van der Waals surface area contributed by atoms with E-state index in [1.165, 1.54) is 11.1 Å². The molecule has 1 N–H and O–H groups in total. The number of rotatable bonds is 12. The first-order valence-corrected chi connectivity index (χ1v) is 12.5. The third-order valence-electron chi connectivity index (χ3n) is 6.05. The molecule has 0 saturated carbocycles. The molecule has 1 aromatic heterocycles. The Kier molecular flexibility index (Phi) is 9.76. The van der Waals surface area contributed by atoms with Gasteiger partial charge in [0.05, 0.1) is 6.61 Å². The van der Waals surface area contributed by atoms with Gasteiger partial charge in [-0.05, 0) is 45.5 Å². The maximum atomic E-state index is 13.2. The molecule has 1 heterocycles. The number of nitrogens with zero attached hydrogens (tertiary/aromatic N) is 2. The molecule has 0 spiro atoms. The number of aromatic nitrogens is 1.